The van der Waals surface area contributed by atoms with E-state index < -0.39 is 18.2 Å². The molecule has 5 nitrogen and oxygen atoms in total. The molecule has 272 valence electrons. The van der Waals surface area contributed by atoms with E-state index in [4.69, 9.17) is 0 Å². The van der Waals surface area contributed by atoms with Crippen molar-refractivity contribution in [1.29, 1.82) is 0 Å². The van der Waals surface area contributed by atoms with Crippen LogP contribution in [0.3, 0.4) is 0 Å². The highest BCUT2D eigenvalue weighted by Gasteiger charge is 2.26. The van der Waals surface area contributed by atoms with Gasteiger partial charge in [0.1, 0.15) is 6.10 Å². The lowest BCUT2D eigenvalue weighted by molar-refractivity contribution is -0.124. The number of unbranched alkanes of at least 4 members (excludes halogenated alkanes) is 24. The Morgan fingerprint density at radius 3 is 1.28 bits per heavy atom. The number of hydrogen-bond acceptors (Lipinski definition) is 4. The molecule has 0 aliphatic carbocycles. The molecule has 5 heteroatoms. The minimum absolute atomic E-state index is 0.161. The first-order chi connectivity index (χ1) is 22.6. The molecule has 0 aromatic heterocycles. The van der Waals surface area contributed by atoms with Crippen LogP contribution in [0, 0.1) is 0 Å². The van der Waals surface area contributed by atoms with Gasteiger partial charge in [0.15, 0.2) is 0 Å². The van der Waals surface area contributed by atoms with Gasteiger partial charge in [-0.05, 0) is 64.2 Å². The predicted molar refractivity (Wildman–Crippen MR) is 199 cm³/mol. The van der Waals surface area contributed by atoms with Gasteiger partial charge in [-0.15, -0.1) is 0 Å². The van der Waals surface area contributed by atoms with Crippen LogP contribution in [-0.2, 0) is 4.79 Å². The van der Waals surface area contributed by atoms with Crippen LogP contribution in [0.5, 0.6) is 0 Å². The lowest BCUT2D eigenvalue weighted by Crippen LogP contribution is -2.50. The number of aliphatic hydroxyl groups excluding tert-OH is 3. The molecule has 0 heterocycles. The predicted octanol–water partition coefficient (Wildman–Crippen LogP) is 11.0. The zero-order valence-electron chi connectivity index (χ0n) is 30.7. The molecule has 1 amide bonds. The summed E-state index contributed by atoms with van der Waals surface area (Å²) >= 11 is 0. The van der Waals surface area contributed by atoms with Crippen LogP contribution in [0.4, 0.5) is 0 Å². The fraction of sp³-hybridized carbons (Fsp3) is 0.878. The quantitative estimate of drug-likeness (QED) is 0.0401. The number of aliphatic hydroxyl groups is 3. The normalized spacial score (nSPS) is 13.9. The van der Waals surface area contributed by atoms with E-state index in [2.05, 4.69) is 43.5 Å². The van der Waals surface area contributed by atoms with E-state index in [9.17, 15) is 20.1 Å². The van der Waals surface area contributed by atoms with Gasteiger partial charge in [0.05, 0.1) is 18.8 Å². The van der Waals surface area contributed by atoms with E-state index in [1.807, 2.05) is 0 Å². The molecule has 0 aromatic rings. The van der Waals surface area contributed by atoms with Crippen molar-refractivity contribution >= 4 is 5.91 Å². The Bertz CT molecular complexity index is 679. The molecule has 0 aliphatic heterocycles. The lowest BCUT2D eigenvalue weighted by Gasteiger charge is -2.26. The molecular formula is C41H79NO4. The van der Waals surface area contributed by atoms with Crippen molar-refractivity contribution in [1.82, 2.24) is 5.32 Å². The number of rotatable bonds is 36. The Hall–Kier alpha value is -1.17. The number of carbonyl (C=O) groups excluding carboxylic acids is 1. The van der Waals surface area contributed by atoms with Crippen molar-refractivity contribution in [3.05, 3.63) is 24.3 Å². The SMILES string of the molecule is CCCCCC/C=C/CCCC(O)C(O)C(CO)NC(=O)CCCCCCCCC/C=C\CCCCCCCCCCCCCC. The third-order valence-electron chi connectivity index (χ3n) is 9.28. The maximum atomic E-state index is 12.4. The number of amides is 1. The summed E-state index contributed by atoms with van der Waals surface area (Å²) in [7, 11) is 0. The number of allylic oxidation sites excluding steroid dienone is 4. The molecule has 0 aliphatic rings. The van der Waals surface area contributed by atoms with Gasteiger partial charge in [-0.25, -0.2) is 0 Å². The second-order valence-electron chi connectivity index (χ2n) is 13.8. The molecule has 3 atom stereocenters. The van der Waals surface area contributed by atoms with E-state index in [1.165, 1.54) is 141 Å². The van der Waals surface area contributed by atoms with E-state index >= 15 is 0 Å². The van der Waals surface area contributed by atoms with Crippen molar-refractivity contribution in [3.8, 4) is 0 Å². The summed E-state index contributed by atoms with van der Waals surface area (Å²) in [6.07, 6.45) is 43.0. The fourth-order valence-electron chi connectivity index (χ4n) is 6.10. The van der Waals surface area contributed by atoms with E-state index in [0.29, 0.717) is 12.8 Å². The van der Waals surface area contributed by atoms with Crippen LogP contribution < -0.4 is 5.32 Å². The third kappa shape index (κ3) is 31.4. The molecule has 3 unspecified atom stereocenters. The van der Waals surface area contributed by atoms with Crippen molar-refractivity contribution in [2.45, 2.75) is 225 Å². The molecule has 0 saturated carbocycles. The van der Waals surface area contributed by atoms with Crippen LogP contribution in [-0.4, -0.2) is 46.1 Å². The highest BCUT2D eigenvalue weighted by Crippen LogP contribution is 2.14. The zero-order chi connectivity index (χ0) is 33.8. The summed E-state index contributed by atoms with van der Waals surface area (Å²) in [6, 6.07) is -0.824. The third-order valence-corrected chi connectivity index (χ3v) is 9.28. The Morgan fingerprint density at radius 1 is 0.522 bits per heavy atom. The van der Waals surface area contributed by atoms with Crippen LogP contribution in [0.2, 0.25) is 0 Å². The van der Waals surface area contributed by atoms with Gasteiger partial charge >= 0.3 is 0 Å². The summed E-state index contributed by atoms with van der Waals surface area (Å²) in [6.45, 7) is 4.12. The van der Waals surface area contributed by atoms with Crippen LogP contribution >= 0.6 is 0 Å². The van der Waals surface area contributed by atoms with Crippen LogP contribution in [0.25, 0.3) is 0 Å². The van der Waals surface area contributed by atoms with Gasteiger partial charge in [-0.3, -0.25) is 4.79 Å². The monoisotopic (exact) mass is 650 g/mol. The minimum Gasteiger partial charge on any atom is -0.394 e. The molecule has 4 N–H and O–H groups in total. The zero-order valence-corrected chi connectivity index (χ0v) is 30.7. The second-order valence-corrected chi connectivity index (χ2v) is 13.8. The molecule has 0 saturated heterocycles. The van der Waals surface area contributed by atoms with E-state index in [0.717, 1.165) is 38.5 Å². The summed E-state index contributed by atoms with van der Waals surface area (Å²) < 4.78 is 0. The van der Waals surface area contributed by atoms with Crippen molar-refractivity contribution in [2.24, 2.45) is 0 Å². The highest BCUT2D eigenvalue weighted by molar-refractivity contribution is 5.76. The van der Waals surface area contributed by atoms with Gasteiger partial charge in [-0.1, -0.05) is 160 Å². The van der Waals surface area contributed by atoms with Crippen molar-refractivity contribution in [2.75, 3.05) is 6.61 Å². The average Bonchev–Trinajstić information content (AvgIpc) is 3.06. The maximum absolute atomic E-state index is 12.4. The Balaban J connectivity index is 3.61. The second kappa shape index (κ2) is 36.7. The standard InChI is InChI=1S/C41H79NO4/c1-3-5-7-9-11-13-14-15-16-17-18-19-20-21-22-23-24-25-26-28-30-32-34-36-40(45)42-38(37-43)41(46)39(44)35-33-31-29-27-12-10-8-6-4-2/h21-22,27,29,38-39,41,43-44,46H,3-20,23-26,28,30-37H2,1-2H3,(H,42,45)/b22-21-,29-27+. The maximum Gasteiger partial charge on any atom is 0.220 e. The lowest BCUT2D eigenvalue weighted by atomic mass is 10.0. The average molecular weight is 650 g/mol. The summed E-state index contributed by atoms with van der Waals surface area (Å²) in [5.74, 6) is -0.161. The number of hydrogen-bond donors (Lipinski definition) is 4. The largest absolute Gasteiger partial charge is 0.394 e. The first kappa shape index (κ1) is 44.8. The van der Waals surface area contributed by atoms with Gasteiger partial charge in [-0.2, -0.15) is 0 Å². The Kier molecular flexibility index (Phi) is 35.7. The van der Waals surface area contributed by atoms with Crippen molar-refractivity contribution in [3.63, 3.8) is 0 Å². The van der Waals surface area contributed by atoms with E-state index in [1.54, 1.807) is 0 Å². The van der Waals surface area contributed by atoms with Crippen LogP contribution in [0.15, 0.2) is 24.3 Å². The molecule has 0 bridgehead atoms. The molecular weight excluding hydrogens is 570 g/mol. The minimum atomic E-state index is -1.16. The molecule has 0 fully saturated rings. The van der Waals surface area contributed by atoms with Gasteiger partial charge in [0, 0.05) is 6.42 Å². The summed E-state index contributed by atoms with van der Waals surface area (Å²) in [4.78, 5) is 12.4. The van der Waals surface area contributed by atoms with Crippen molar-refractivity contribution < 1.29 is 20.1 Å². The first-order valence-electron chi connectivity index (χ1n) is 20.1. The van der Waals surface area contributed by atoms with Crippen LogP contribution in [0.1, 0.15) is 206 Å². The Labute approximate surface area is 286 Å². The molecule has 46 heavy (non-hydrogen) atoms. The number of nitrogens with one attached hydrogen (secondary N) is 1. The molecule has 0 spiro atoms. The fourth-order valence-corrected chi connectivity index (χ4v) is 6.10. The molecule has 0 aromatic carbocycles. The van der Waals surface area contributed by atoms with Gasteiger partial charge < -0.3 is 20.6 Å². The molecule has 0 rings (SSSR count). The highest BCUT2D eigenvalue weighted by atomic mass is 16.3. The number of carbonyl (C=O) groups is 1. The van der Waals surface area contributed by atoms with Gasteiger partial charge in [0.2, 0.25) is 5.91 Å². The smallest absolute Gasteiger partial charge is 0.220 e. The molecule has 0 radical (unpaired) electrons. The Morgan fingerprint density at radius 2 is 0.870 bits per heavy atom. The summed E-state index contributed by atoms with van der Waals surface area (Å²) in [5, 5.41) is 33.2. The summed E-state index contributed by atoms with van der Waals surface area (Å²) in [5.41, 5.74) is 0. The van der Waals surface area contributed by atoms with E-state index in [-0.39, 0.29) is 12.5 Å². The van der Waals surface area contributed by atoms with Gasteiger partial charge in [0.25, 0.3) is 0 Å². The first-order valence-corrected chi connectivity index (χ1v) is 20.1. The topological polar surface area (TPSA) is 89.8 Å².